The molecule has 0 unspecified atom stereocenters. The average Bonchev–Trinajstić information content (AvgIpc) is 3.31. The topological polar surface area (TPSA) is 83.6 Å². The SMILES string of the molecule is CC.O=C(NCCCc1ncc[nH]1)c1ccc2c(Cl)nc(-c3ccc(Cl)cc3)nc2c1. The van der Waals surface area contributed by atoms with E-state index in [0.29, 0.717) is 39.0 Å². The van der Waals surface area contributed by atoms with Crippen molar-refractivity contribution in [2.24, 2.45) is 0 Å². The van der Waals surface area contributed by atoms with E-state index < -0.39 is 0 Å². The number of benzene rings is 2. The van der Waals surface area contributed by atoms with E-state index in [9.17, 15) is 4.79 Å². The largest absolute Gasteiger partial charge is 0.352 e. The van der Waals surface area contributed by atoms with Gasteiger partial charge in [-0.05, 0) is 48.9 Å². The van der Waals surface area contributed by atoms with Gasteiger partial charge in [-0.1, -0.05) is 37.0 Å². The van der Waals surface area contributed by atoms with E-state index in [0.717, 1.165) is 24.2 Å². The van der Waals surface area contributed by atoms with E-state index in [4.69, 9.17) is 23.2 Å². The standard InChI is InChI=1S/C21H17Cl2N5O.C2H6/c22-15-6-3-13(4-7-15)20-27-17-12-14(5-8-16(17)19(23)28-20)21(29)26-9-1-2-18-24-10-11-25-18;1-2/h3-8,10-12H,1-2,9H2,(H,24,25)(H,26,29);1-2H3. The summed E-state index contributed by atoms with van der Waals surface area (Å²) in [4.78, 5) is 28.7. The number of imidazole rings is 1. The summed E-state index contributed by atoms with van der Waals surface area (Å²) in [5.74, 6) is 1.23. The second-order valence-electron chi connectivity index (χ2n) is 6.47. The molecule has 4 aromatic rings. The Kier molecular flexibility index (Phi) is 7.98. The molecule has 0 radical (unpaired) electrons. The first-order valence-corrected chi connectivity index (χ1v) is 10.9. The van der Waals surface area contributed by atoms with Gasteiger partial charge in [-0.3, -0.25) is 4.79 Å². The number of fused-ring (bicyclic) bond motifs is 1. The molecule has 0 aliphatic heterocycles. The van der Waals surface area contributed by atoms with Gasteiger partial charge in [-0.25, -0.2) is 15.0 Å². The third-order valence-electron chi connectivity index (χ3n) is 4.45. The molecule has 4 rings (SSSR count). The van der Waals surface area contributed by atoms with Gasteiger partial charge in [-0.15, -0.1) is 0 Å². The number of aromatic amines is 1. The smallest absolute Gasteiger partial charge is 0.251 e. The quantitative estimate of drug-likeness (QED) is 0.287. The minimum Gasteiger partial charge on any atom is -0.352 e. The first-order chi connectivity index (χ1) is 15.1. The Hall–Kier alpha value is -2.96. The third kappa shape index (κ3) is 5.81. The molecule has 2 N–H and O–H groups in total. The van der Waals surface area contributed by atoms with Gasteiger partial charge in [0.25, 0.3) is 5.91 Å². The molecular weight excluding hydrogens is 433 g/mol. The van der Waals surface area contributed by atoms with Crippen LogP contribution in [0.5, 0.6) is 0 Å². The van der Waals surface area contributed by atoms with Gasteiger partial charge in [0.15, 0.2) is 5.82 Å². The van der Waals surface area contributed by atoms with Crippen LogP contribution in [0.2, 0.25) is 10.2 Å². The summed E-state index contributed by atoms with van der Waals surface area (Å²) in [6, 6.07) is 12.4. The molecule has 0 saturated carbocycles. The van der Waals surface area contributed by atoms with Gasteiger partial charge < -0.3 is 10.3 Å². The highest BCUT2D eigenvalue weighted by Gasteiger charge is 2.12. The van der Waals surface area contributed by atoms with E-state index in [-0.39, 0.29) is 5.91 Å². The van der Waals surface area contributed by atoms with Gasteiger partial charge in [0, 0.05) is 46.9 Å². The van der Waals surface area contributed by atoms with Crippen molar-refractivity contribution in [3.8, 4) is 11.4 Å². The van der Waals surface area contributed by atoms with E-state index >= 15 is 0 Å². The summed E-state index contributed by atoms with van der Waals surface area (Å²) in [6.45, 7) is 4.55. The van der Waals surface area contributed by atoms with E-state index in [1.807, 2.05) is 26.0 Å². The lowest BCUT2D eigenvalue weighted by molar-refractivity contribution is 0.0953. The van der Waals surface area contributed by atoms with Crippen LogP contribution in [-0.2, 0) is 6.42 Å². The third-order valence-corrected chi connectivity index (χ3v) is 4.99. The maximum atomic E-state index is 12.5. The fourth-order valence-corrected chi connectivity index (χ4v) is 3.32. The Morgan fingerprint density at radius 2 is 1.84 bits per heavy atom. The highest BCUT2D eigenvalue weighted by atomic mass is 35.5. The van der Waals surface area contributed by atoms with Crippen LogP contribution in [-0.4, -0.2) is 32.4 Å². The summed E-state index contributed by atoms with van der Waals surface area (Å²) >= 11 is 12.3. The normalized spacial score (nSPS) is 10.5. The molecule has 0 aliphatic carbocycles. The van der Waals surface area contributed by atoms with Gasteiger partial charge >= 0.3 is 0 Å². The van der Waals surface area contributed by atoms with E-state index in [1.165, 1.54) is 0 Å². The van der Waals surface area contributed by atoms with Crippen molar-refractivity contribution in [1.29, 1.82) is 0 Å². The molecule has 160 valence electrons. The van der Waals surface area contributed by atoms with Crippen LogP contribution in [0.3, 0.4) is 0 Å². The molecule has 2 aromatic heterocycles. The molecule has 1 amide bonds. The number of H-pyrrole nitrogens is 1. The van der Waals surface area contributed by atoms with Crippen molar-refractivity contribution < 1.29 is 4.79 Å². The monoisotopic (exact) mass is 455 g/mol. The number of carbonyl (C=O) groups excluding carboxylic acids is 1. The van der Waals surface area contributed by atoms with Crippen LogP contribution in [0.1, 0.15) is 36.5 Å². The Labute approximate surface area is 191 Å². The van der Waals surface area contributed by atoms with Crippen molar-refractivity contribution in [2.45, 2.75) is 26.7 Å². The summed E-state index contributed by atoms with van der Waals surface area (Å²) in [7, 11) is 0. The minimum absolute atomic E-state index is 0.158. The second-order valence-corrected chi connectivity index (χ2v) is 7.27. The number of hydrogen-bond acceptors (Lipinski definition) is 4. The molecule has 0 aliphatic rings. The molecule has 8 heteroatoms. The van der Waals surface area contributed by atoms with E-state index in [2.05, 4.69) is 25.3 Å². The van der Waals surface area contributed by atoms with Crippen LogP contribution in [0, 0.1) is 0 Å². The van der Waals surface area contributed by atoms with Crippen LogP contribution >= 0.6 is 23.2 Å². The summed E-state index contributed by atoms with van der Waals surface area (Å²) in [5.41, 5.74) is 1.93. The minimum atomic E-state index is -0.158. The van der Waals surface area contributed by atoms with Crippen molar-refractivity contribution in [1.82, 2.24) is 25.3 Å². The number of hydrogen-bond donors (Lipinski definition) is 2. The summed E-state index contributed by atoms with van der Waals surface area (Å²) in [5, 5.41) is 4.58. The Bertz CT molecular complexity index is 1140. The average molecular weight is 456 g/mol. The molecule has 2 heterocycles. The zero-order valence-corrected chi connectivity index (χ0v) is 18.8. The van der Waals surface area contributed by atoms with Gasteiger partial charge in [0.1, 0.15) is 11.0 Å². The number of aryl methyl sites for hydroxylation is 1. The molecule has 0 spiro atoms. The number of halogens is 2. The van der Waals surface area contributed by atoms with Crippen LogP contribution in [0.4, 0.5) is 0 Å². The van der Waals surface area contributed by atoms with Crippen molar-refractivity contribution in [3.63, 3.8) is 0 Å². The molecule has 0 fully saturated rings. The maximum absolute atomic E-state index is 12.5. The Balaban J connectivity index is 0.00000132. The predicted octanol–water partition coefficient (Wildman–Crippen LogP) is 5.72. The fraction of sp³-hybridized carbons (Fsp3) is 0.217. The molecule has 0 bridgehead atoms. The molecular formula is C23H23Cl2N5O. The lowest BCUT2D eigenvalue weighted by Gasteiger charge is -2.08. The van der Waals surface area contributed by atoms with Gasteiger partial charge in [0.05, 0.1) is 5.52 Å². The lowest BCUT2D eigenvalue weighted by Crippen LogP contribution is -2.24. The zero-order chi connectivity index (χ0) is 22.2. The molecule has 0 saturated heterocycles. The number of nitrogens with one attached hydrogen (secondary N) is 2. The van der Waals surface area contributed by atoms with E-state index in [1.54, 1.807) is 42.7 Å². The van der Waals surface area contributed by atoms with Crippen molar-refractivity contribution in [2.75, 3.05) is 6.54 Å². The van der Waals surface area contributed by atoms with Crippen LogP contribution < -0.4 is 5.32 Å². The first-order valence-electron chi connectivity index (χ1n) is 10.1. The summed E-state index contributed by atoms with van der Waals surface area (Å²) in [6.07, 6.45) is 5.07. The van der Waals surface area contributed by atoms with Gasteiger partial charge in [0.2, 0.25) is 0 Å². The maximum Gasteiger partial charge on any atom is 0.251 e. The Morgan fingerprint density at radius 1 is 1.06 bits per heavy atom. The number of nitrogens with zero attached hydrogens (tertiary/aromatic N) is 3. The summed E-state index contributed by atoms with van der Waals surface area (Å²) < 4.78 is 0. The predicted molar refractivity (Wildman–Crippen MR) is 126 cm³/mol. The highest BCUT2D eigenvalue weighted by molar-refractivity contribution is 6.34. The number of carbonyl (C=O) groups is 1. The molecule has 31 heavy (non-hydrogen) atoms. The molecule has 2 aromatic carbocycles. The molecule has 6 nitrogen and oxygen atoms in total. The van der Waals surface area contributed by atoms with Crippen molar-refractivity contribution >= 4 is 40.0 Å². The Morgan fingerprint density at radius 3 is 2.55 bits per heavy atom. The van der Waals surface area contributed by atoms with Crippen LogP contribution in [0.25, 0.3) is 22.3 Å². The second kappa shape index (κ2) is 10.9. The van der Waals surface area contributed by atoms with Crippen LogP contribution in [0.15, 0.2) is 54.9 Å². The number of rotatable bonds is 6. The molecule has 0 atom stereocenters. The fourth-order valence-electron chi connectivity index (χ4n) is 2.95. The van der Waals surface area contributed by atoms with Crippen molar-refractivity contribution in [3.05, 3.63) is 76.4 Å². The number of amides is 1. The highest BCUT2D eigenvalue weighted by Crippen LogP contribution is 2.26. The van der Waals surface area contributed by atoms with Gasteiger partial charge in [-0.2, -0.15) is 0 Å². The number of aromatic nitrogens is 4. The first kappa shape index (κ1) is 22.7. The zero-order valence-electron chi connectivity index (χ0n) is 17.3. The lowest BCUT2D eigenvalue weighted by atomic mass is 10.1.